The van der Waals surface area contributed by atoms with E-state index in [1.54, 1.807) is 0 Å². The third-order valence-corrected chi connectivity index (χ3v) is 1.88. The molecule has 0 spiro atoms. The molecule has 104 valence electrons. The lowest BCUT2D eigenvalue weighted by atomic mass is 10.2. The van der Waals surface area contributed by atoms with Crippen molar-refractivity contribution in [3.63, 3.8) is 0 Å². The normalized spacial score (nSPS) is 14.8. The quantitative estimate of drug-likeness (QED) is 0.238. The predicted octanol–water partition coefficient (Wildman–Crippen LogP) is -1.91. The Bertz CT molecular complexity index is 156. The van der Waals surface area contributed by atoms with E-state index in [0.717, 1.165) is 0 Å². The van der Waals surface area contributed by atoms with Crippen molar-refractivity contribution in [1.29, 1.82) is 0 Å². The minimum absolute atomic E-state index is 0.0158. The molecule has 0 aliphatic carbocycles. The molecule has 7 heteroatoms. The highest BCUT2D eigenvalue weighted by Gasteiger charge is 2.15. The molecule has 0 radical (unpaired) electrons. The van der Waals surface area contributed by atoms with E-state index in [4.69, 9.17) is 24.4 Å². The van der Waals surface area contributed by atoms with E-state index in [1.165, 1.54) is 0 Å². The molecule has 0 bridgehead atoms. The van der Waals surface area contributed by atoms with Crippen molar-refractivity contribution in [2.45, 2.75) is 18.8 Å². The maximum Gasteiger partial charge on any atom is 0.180 e. The van der Waals surface area contributed by atoms with Gasteiger partial charge in [-0.2, -0.15) is 0 Å². The van der Waals surface area contributed by atoms with Gasteiger partial charge in [0.2, 0.25) is 0 Å². The molecular formula is C10H22O7. The minimum atomic E-state index is -1.31. The molecule has 0 aliphatic heterocycles. The first-order chi connectivity index (χ1) is 8.22. The molecule has 0 amide bonds. The number of aliphatic hydroxyl groups is 4. The Morgan fingerprint density at radius 3 is 1.94 bits per heavy atom. The minimum Gasteiger partial charge on any atom is -0.396 e. The summed E-state index contributed by atoms with van der Waals surface area (Å²) < 4.78 is 14.9. The van der Waals surface area contributed by atoms with E-state index >= 15 is 0 Å². The summed E-state index contributed by atoms with van der Waals surface area (Å²) in [4.78, 5) is 0. The first kappa shape index (κ1) is 16.7. The van der Waals surface area contributed by atoms with Crippen LogP contribution in [0.1, 0.15) is 6.42 Å². The van der Waals surface area contributed by atoms with E-state index in [9.17, 15) is 10.2 Å². The Balaban J connectivity index is 3.21. The molecule has 2 atom stereocenters. The Hall–Kier alpha value is -0.280. The zero-order valence-electron chi connectivity index (χ0n) is 9.83. The number of ether oxygens (including phenoxy) is 3. The van der Waals surface area contributed by atoms with Gasteiger partial charge in [0, 0.05) is 13.0 Å². The zero-order chi connectivity index (χ0) is 12.9. The highest BCUT2D eigenvalue weighted by Crippen LogP contribution is 1.99. The van der Waals surface area contributed by atoms with Crippen molar-refractivity contribution in [2.75, 3.05) is 46.2 Å². The van der Waals surface area contributed by atoms with Gasteiger partial charge in [0.25, 0.3) is 0 Å². The molecule has 0 aliphatic rings. The molecule has 0 aromatic heterocycles. The highest BCUT2D eigenvalue weighted by atomic mass is 16.6. The molecular weight excluding hydrogens is 232 g/mol. The van der Waals surface area contributed by atoms with Gasteiger partial charge in [-0.15, -0.1) is 0 Å². The van der Waals surface area contributed by atoms with Crippen molar-refractivity contribution in [1.82, 2.24) is 0 Å². The first-order valence-corrected chi connectivity index (χ1v) is 5.57. The lowest BCUT2D eigenvalue weighted by Gasteiger charge is -2.17. The number of hydrogen-bond acceptors (Lipinski definition) is 7. The third-order valence-electron chi connectivity index (χ3n) is 1.88. The van der Waals surface area contributed by atoms with Crippen molar-refractivity contribution >= 4 is 0 Å². The van der Waals surface area contributed by atoms with Gasteiger partial charge in [-0.05, 0) is 0 Å². The zero-order valence-corrected chi connectivity index (χ0v) is 9.83. The lowest BCUT2D eigenvalue weighted by molar-refractivity contribution is -0.172. The second-order valence-electron chi connectivity index (χ2n) is 3.29. The van der Waals surface area contributed by atoms with E-state index in [2.05, 4.69) is 0 Å². The van der Waals surface area contributed by atoms with Crippen molar-refractivity contribution in [2.24, 2.45) is 0 Å². The van der Waals surface area contributed by atoms with E-state index in [-0.39, 0.29) is 39.5 Å². The van der Waals surface area contributed by atoms with Gasteiger partial charge in [-0.25, -0.2) is 0 Å². The molecule has 17 heavy (non-hydrogen) atoms. The molecule has 0 rings (SSSR count). The third kappa shape index (κ3) is 10.6. The van der Waals surface area contributed by atoms with E-state index in [0.29, 0.717) is 13.2 Å². The molecule has 0 aromatic rings. The fraction of sp³-hybridized carbons (Fsp3) is 1.00. The van der Waals surface area contributed by atoms with E-state index in [1.807, 2.05) is 0 Å². The molecule has 0 saturated carbocycles. The second-order valence-corrected chi connectivity index (χ2v) is 3.29. The predicted molar refractivity (Wildman–Crippen MR) is 58.4 cm³/mol. The molecule has 0 aromatic carbocycles. The summed E-state index contributed by atoms with van der Waals surface area (Å²) in [5.74, 6) is 0. The molecule has 0 heterocycles. The standard InChI is InChI=1S/C10H22O7/c11-2-1-9(13)10(14)17-8-7-16-6-5-15-4-3-12/h9-14H,1-8H2. The Morgan fingerprint density at radius 2 is 1.35 bits per heavy atom. The van der Waals surface area contributed by atoms with Crippen LogP contribution < -0.4 is 0 Å². The lowest BCUT2D eigenvalue weighted by Crippen LogP contribution is -2.30. The molecule has 4 N–H and O–H groups in total. The highest BCUT2D eigenvalue weighted by molar-refractivity contribution is 4.57. The van der Waals surface area contributed by atoms with Crippen LogP contribution in [-0.2, 0) is 14.2 Å². The van der Waals surface area contributed by atoms with Crippen LogP contribution in [0.15, 0.2) is 0 Å². The monoisotopic (exact) mass is 254 g/mol. The summed E-state index contributed by atoms with van der Waals surface area (Å²) in [6.45, 7) is 1.23. The largest absolute Gasteiger partial charge is 0.396 e. The van der Waals surface area contributed by atoms with Crippen LogP contribution in [0.5, 0.6) is 0 Å². The smallest absolute Gasteiger partial charge is 0.180 e. The fourth-order valence-corrected chi connectivity index (χ4v) is 1.00. The van der Waals surface area contributed by atoms with Gasteiger partial charge < -0.3 is 34.6 Å². The Labute approximate surface area is 101 Å². The van der Waals surface area contributed by atoms with Gasteiger partial charge in [0.15, 0.2) is 6.29 Å². The van der Waals surface area contributed by atoms with Crippen molar-refractivity contribution in [3.05, 3.63) is 0 Å². The number of hydrogen-bond donors (Lipinski definition) is 4. The average molecular weight is 254 g/mol. The second kappa shape index (κ2) is 12.2. The molecule has 2 unspecified atom stereocenters. The summed E-state index contributed by atoms with van der Waals surface area (Å²) >= 11 is 0. The summed E-state index contributed by atoms with van der Waals surface area (Å²) in [6, 6.07) is 0. The van der Waals surface area contributed by atoms with Crippen LogP contribution in [0.3, 0.4) is 0 Å². The van der Waals surface area contributed by atoms with Gasteiger partial charge in [-0.1, -0.05) is 0 Å². The topological polar surface area (TPSA) is 109 Å². The maximum atomic E-state index is 9.23. The summed E-state index contributed by atoms with van der Waals surface area (Å²) in [5.41, 5.74) is 0. The summed E-state index contributed by atoms with van der Waals surface area (Å²) in [7, 11) is 0. The van der Waals surface area contributed by atoms with Crippen LogP contribution in [0.4, 0.5) is 0 Å². The Kier molecular flexibility index (Phi) is 12.0. The van der Waals surface area contributed by atoms with Crippen molar-refractivity contribution < 1.29 is 34.6 Å². The van der Waals surface area contributed by atoms with Gasteiger partial charge in [0.1, 0.15) is 6.10 Å². The van der Waals surface area contributed by atoms with Crippen LogP contribution in [-0.4, -0.2) is 79.1 Å². The van der Waals surface area contributed by atoms with Crippen LogP contribution in [0.25, 0.3) is 0 Å². The molecule has 7 nitrogen and oxygen atoms in total. The van der Waals surface area contributed by atoms with Crippen LogP contribution in [0, 0.1) is 0 Å². The number of rotatable bonds is 12. The first-order valence-electron chi connectivity index (χ1n) is 5.57. The van der Waals surface area contributed by atoms with E-state index < -0.39 is 12.4 Å². The number of aliphatic hydroxyl groups excluding tert-OH is 4. The van der Waals surface area contributed by atoms with Gasteiger partial charge in [-0.3, -0.25) is 0 Å². The van der Waals surface area contributed by atoms with Crippen molar-refractivity contribution in [3.8, 4) is 0 Å². The van der Waals surface area contributed by atoms with Crippen LogP contribution >= 0.6 is 0 Å². The maximum absolute atomic E-state index is 9.23. The fourth-order valence-electron chi connectivity index (χ4n) is 1.00. The SMILES string of the molecule is OCCOCCOCCOC(O)C(O)CCO. The summed E-state index contributed by atoms with van der Waals surface area (Å²) in [5, 5.41) is 35.4. The average Bonchev–Trinajstić information content (AvgIpc) is 2.32. The van der Waals surface area contributed by atoms with Gasteiger partial charge >= 0.3 is 0 Å². The summed E-state index contributed by atoms with van der Waals surface area (Å²) in [6.07, 6.45) is -2.33. The molecule has 0 fully saturated rings. The van der Waals surface area contributed by atoms with Crippen LogP contribution in [0.2, 0.25) is 0 Å². The Morgan fingerprint density at radius 1 is 0.765 bits per heavy atom. The molecule has 0 saturated heterocycles. The van der Waals surface area contributed by atoms with Gasteiger partial charge in [0.05, 0.1) is 39.6 Å².